The second-order valence-electron chi connectivity index (χ2n) is 3.93. The summed E-state index contributed by atoms with van der Waals surface area (Å²) in [5.74, 6) is -1.37. The summed E-state index contributed by atoms with van der Waals surface area (Å²) in [4.78, 5) is 15.4. The van der Waals surface area contributed by atoms with Gasteiger partial charge in [0, 0.05) is 11.1 Å². The van der Waals surface area contributed by atoms with Crippen molar-refractivity contribution >= 4 is 33.0 Å². The van der Waals surface area contributed by atoms with E-state index >= 15 is 0 Å². The Balaban J connectivity index is 2.30. The minimum atomic E-state index is -4.05. The third-order valence-corrected chi connectivity index (χ3v) is 3.98. The fourth-order valence-corrected chi connectivity index (χ4v) is 2.62. The molecule has 0 aliphatic carbocycles. The van der Waals surface area contributed by atoms with E-state index in [2.05, 4.69) is 10.3 Å². The maximum atomic E-state index is 13.3. The van der Waals surface area contributed by atoms with Gasteiger partial charge in [0.15, 0.2) is 0 Å². The summed E-state index contributed by atoms with van der Waals surface area (Å²) in [5, 5.41) is 9.55. The quantitative estimate of drug-likeness (QED) is 0.895. The molecular weight excluding hydrogens is 305 g/mol. The molecule has 0 radical (unpaired) electrons. The van der Waals surface area contributed by atoms with E-state index in [0.717, 1.165) is 18.2 Å². The number of anilines is 1. The first kappa shape index (κ1) is 14.6. The molecule has 1 aromatic heterocycles. The molecule has 0 spiro atoms. The van der Waals surface area contributed by atoms with E-state index in [1.54, 1.807) is 12.3 Å². The molecule has 6 nitrogen and oxygen atoms in total. The van der Waals surface area contributed by atoms with E-state index in [0.29, 0.717) is 5.01 Å². The van der Waals surface area contributed by atoms with Crippen LogP contribution < -0.4 is 10.5 Å². The van der Waals surface area contributed by atoms with E-state index < -0.39 is 26.6 Å². The van der Waals surface area contributed by atoms with Gasteiger partial charge in [0.05, 0.1) is 9.90 Å². The minimum absolute atomic E-state index is 0.00956. The largest absolute Gasteiger partial charge is 0.320 e. The van der Waals surface area contributed by atoms with Crippen LogP contribution in [0.4, 0.5) is 10.1 Å². The number of carbonyl (C=O) groups is 1. The van der Waals surface area contributed by atoms with Crippen molar-refractivity contribution in [2.24, 2.45) is 5.14 Å². The topological polar surface area (TPSA) is 102 Å². The van der Waals surface area contributed by atoms with Gasteiger partial charge in [-0.05, 0) is 25.1 Å². The number of sulfonamides is 1. The average molecular weight is 315 g/mol. The predicted molar refractivity (Wildman–Crippen MR) is 72.6 cm³/mol. The third-order valence-electron chi connectivity index (χ3n) is 2.31. The van der Waals surface area contributed by atoms with Gasteiger partial charge in [-0.25, -0.2) is 22.9 Å². The van der Waals surface area contributed by atoms with Crippen molar-refractivity contribution in [2.45, 2.75) is 11.8 Å². The summed E-state index contributed by atoms with van der Waals surface area (Å²) >= 11 is 1.29. The Morgan fingerprint density at radius 1 is 1.40 bits per heavy atom. The van der Waals surface area contributed by atoms with E-state index in [-0.39, 0.29) is 11.4 Å². The summed E-state index contributed by atoms with van der Waals surface area (Å²) in [5.41, 5.74) is 0.165. The van der Waals surface area contributed by atoms with Crippen LogP contribution in [0.1, 0.15) is 15.5 Å². The predicted octanol–water partition coefficient (Wildman–Crippen LogP) is 1.49. The summed E-state index contributed by atoms with van der Waals surface area (Å²) in [7, 11) is -4.05. The lowest BCUT2D eigenvalue weighted by Gasteiger charge is -2.06. The van der Waals surface area contributed by atoms with Gasteiger partial charge in [-0.3, -0.25) is 4.79 Å². The molecule has 0 unspecified atom stereocenters. The number of halogens is 1. The van der Waals surface area contributed by atoms with Gasteiger partial charge in [-0.15, -0.1) is 11.3 Å². The van der Waals surface area contributed by atoms with Crippen molar-refractivity contribution in [1.82, 2.24) is 4.98 Å². The van der Waals surface area contributed by atoms with Crippen molar-refractivity contribution in [3.05, 3.63) is 40.1 Å². The molecule has 1 aromatic carbocycles. The van der Waals surface area contributed by atoms with Gasteiger partial charge in [0.25, 0.3) is 5.91 Å². The Bertz CT molecular complexity index is 771. The molecule has 0 bridgehead atoms. The van der Waals surface area contributed by atoms with E-state index in [1.807, 2.05) is 0 Å². The Morgan fingerprint density at radius 3 is 2.65 bits per heavy atom. The number of thiazole rings is 1. The lowest BCUT2D eigenvalue weighted by Crippen LogP contribution is -2.15. The van der Waals surface area contributed by atoms with Crippen LogP contribution in [0.15, 0.2) is 28.5 Å². The number of aryl methyl sites for hydroxylation is 1. The van der Waals surface area contributed by atoms with Crippen molar-refractivity contribution in [2.75, 3.05) is 5.32 Å². The SMILES string of the molecule is Cc1nc(C(=O)Nc2cc(F)cc(S(N)(=O)=O)c2)cs1. The van der Waals surface area contributed by atoms with Crippen LogP contribution in [0.5, 0.6) is 0 Å². The number of nitrogens with one attached hydrogen (secondary N) is 1. The number of carbonyl (C=O) groups excluding carboxylic acids is 1. The molecule has 0 aliphatic heterocycles. The van der Waals surface area contributed by atoms with Crippen molar-refractivity contribution in [3.63, 3.8) is 0 Å². The zero-order valence-corrected chi connectivity index (χ0v) is 11.9. The maximum absolute atomic E-state index is 13.3. The van der Waals surface area contributed by atoms with Crippen molar-refractivity contribution in [3.8, 4) is 0 Å². The zero-order valence-electron chi connectivity index (χ0n) is 10.3. The zero-order chi connectivity index (χ0) is 14.9. The highest BCUT2D eigenvalue weighted by atomic mass is 32.2. The number of nitrogens with two attached hydrogens (primary N) is 1. The smallest absolute Gasteiger partial charge is 0.275 e. The first-order chi connectivity index (χ1) is 9.25. The average Bonchev–Trinajstić information content (AvgIpc) is 2.74. The second kappa shape index (κ2) is 5.27. The number of hydrogen-bond donors (Lipinski definition) is 2. The van der Waals surface area contributed by atoms with Crippen LogP contribution in [0.3, 0.4) is 0 Å². The van der Waals surface area contributed by atoms with Crippen molar-refractivity contribution in [1.29, 1.82) is 0 Å². The Kier molecular flexibility index (Phi) is 3.84. The molecule has 2 rings (SSSR count). The number of hydrogen-bond acceptors (Lipinski definition) is 5. The van der Waals surface area contributed by atoms with Crippen LogP contribution >= 0.6 is 11.3 Å². The molecule has 3 N–H and O–H groups in total. The second-order valence-corrected chi connectivity index (χ2v) is 6.55. The van der Waals surface area contributed by atoms with Crippen LogP contribution in [-0.4, -0.2) is 19.3 Å². The Morgan fingerprint density at radius 2 is 2.10 bits per heavy atom. The van der Waals surface area contributed by atoms with E-state index in [4.69, 9.17) is 5.14 Å². The molecule has 20 heavy (non-hydrogen) atoms. The van der Waals surface area contributed by atoms with Gasteiger partial charge in [-0.2, -0.15) is 0 Å². The molecular formula is C11H10FN3O3S2. The van der Waals surface area contributed by atoms with Crippen LogP contribution in [0.2, 0.25) is 0 Å². The molecule has 0 saturated heterocycles. The van der Waals surface area contributed by atoms with Gasteiger partial charge in [0.1, 0.15) is 11.5 Å². The fraction of sp³-hybridized carbons (Fsp3) is 0.0909. The number of benzene rings is 1. The first-order valence-electron chi connectivity index (χ1n) is 5.32. The molecule has 1 amide bonds. The minimum Gasteiger partial charge on any atom is -0.320 e. The molecule has 0 aliphatic rings. The normalized spacial score (nSPS) is 11.3. The number of rotatable bonds is 3. The highest BCUT2D eigenvalue weighted by Gasteiger charge is 2.14. The third kappa shape index (κ3) is 3.38. The fourth-order valence-electron chi connectivity index (χ4n) is 1.46. The molecule has 0 saturated carbocycles. The molecule has 2 aromatic rings. The first-order valence-corrected chi connectivity index (χ1v) is 7.75. The lowest BCUT2D eigenvalue weighted by atomic mass is 10.3. The number of primary sulfonamides is 1. The Hall–Kier alpha value is -1.84. The van der Waals surface area contributed by atoms with Crippen molar-refractivity contribution < 1.29 is 17.6 Å². The van der Waals surface area contributed by atoms with Crippen LogP contribution in [0, 0.1) is 12.7 Å². The van der Waals surface area contributed by atoms with Gasteiger partial charge in [0.2, 0.25) is 10.0 Å². The molecule has 0 fully saturated rings. The van der Waals surface area contributed by atoms with Gasteiger partial charge in [-0.1, -0.05) is 0 Å². The molecule has 9 heteroatoms. The molecule has 106 valence electrons. The van der Waals surface area contributed by atoms with Gasteiger partial charge >= 0.3 is 0 Å². The molecule has 0 atom stereocenters. The Labute approximate surface area is 118 Å². The van der Waals surface area contributed by atoms with E-state index in [1.165, 1.54) is 11.3 Å². The summed E-state index contributed by atoms with van der Waals surface area (Å²) in [6.45, 7) is 1.74. The summed E-state index contributed by atoms with van der Waals surface area (Å²) < 4.78 is 35.7. The number of aromatic nitrogens is 1. The number of nitrogens with zero attached hydrogens (tertiary/aromatic N) is 1. The highest BCUT2D eigenvalue weighted by molar-refractivity contribution is 7.89. The summed E-state index contributed by atoms with van der Waals surface area (Å²) in [6, 6.07) is 2.85. The molecule has 1 heterocycles. The number of amides is 1. The summed E-state index contributed by atoms with van der Waals surface area (Å²) in [6.07, 6.45) is 0. The standard InChI is InChI=1S/C11H10FN3O3S2/c1-6-14-10(5-19-6)11(16)15-8-2-7(12)3-9(4-8)20(13,17)18/h2-5H,1H3,(H,15,16)(H2,13,17,18). The monoisotopic (exact) mass is 315 g/mol. The maximum Gasteiger partial charge on any atom is 0.275 e. The lowest BCUT2D eigenvalue weighted by molar-refractivity contribution is 0.102. The van der Waals surface area contributed by atoms with Crippen LogP contribution in [-0.2, 0) is 10.0 Å². The van der Waals surface area contributed by atoms with Gasteiger partial charge < -0.3 is 5.32 Å². The van der Waals surface area contributed by atoms with Crippen LogP contribution in [0.25, 0.3) is 0 Å². The van der Waals surface area contributed by atoms with E-state index in [9.17, 15) is 17.6 Å². The highest BCUT2D eigenvalue weighted by Crippen LogP contribution is 2.18.